The van der Waals surface area contributed by atoms with Crippen LogP contribution < -0.4 is 5.73 Å². The zero-order valence-electron chi connectivity index (χ0n) is 5.17. The van der Waals surface area contributed by atoms with Crippen molar-refractivity contribution in [2.75, 3.05) is 6.54 Å². The maximum atomic E-state index is 5.15. The fraction of sp³-hybridized carbons (Fsp3) is 0.500. The van der Waals surface area contributed by atoms with Gasteiger partial charge in [0.2, 0.25) is 0 Å². The third kappa shape index (κ3) is 5.37. The Labute approximate surface area is 50.1 Å². The van der Waals surface area contributed by atoms with E-state index in [1.54, 1.807) is 6.20 Å². The Morgan fingerprint density at radius 2 is 2.38 bits per heavy atom. The normalized spacial score (nSPS) is 11.8. The molecule has 0 fully saturated rings. The van der Waals surface area contributed by atoms with Crippen LogP contribution >= 0.6 is 0 Å². The van der Waals surface area contributed by atoms with Gasteiger partial charge in [-0.2, -0.15) is 0 Å². The molecule has 2 N–H and O–H groups in total. The van der Waals surface area contributed by atoms with Gasteiger partial charge in [0, 0.05) is 19.0 Å². The van der Waals surface area contributed by atoms with Gasteiger partial charge in [-0.3, -0.25) is 4.99 Å². The number of nitrogens with two attached hydrogens (primary N) is 1. The van der Waals surface area contributed by atoms with Gasteiger partial charge in [-0.05, 0) is 6.42 Å². The largest absolute Gasteiger partial charge is 0.327 e. The molecule has 0 bridgehead atoms. The highest BCUT2D eigenvalue weighted by Gasteiger charge is 1.62. The van der Waals surface area contributed by atoms with Crippen molar-refractivity contribution < 1.29 is 0 Å². The van der Waals surface area contributed by atoms with Crippen LogP contribution in [0.15, 0.2) is 17.3 Å². The van der Waals surface area contributed by atoms with E-state index in [2.05, 4.69) is 4.99 Å². The summed E-state index contributed by atoms with van der Waals surface area (Å²) in [6.07, 6.45) is 6.34. The zero-order chi connectivity index (χ0) is 6.24. The first-order valence-corrected chi connectivity index (χ1v) is 2.78. The number of aliphatic imine (C=N–C) groups is 1. The maximum absolute atomic E-state index is 5.15. The van der Waals surface area contributed by atoms with E-state index < -0.39 is 0 Å². The monoisotopic (exact) mass is 112 g/mol. The standard InChI is InChI=1S/C6H12N2/c1-2-5-8-6-3-4-7/h3,5-6H,2,4,7H2,1H3/b6-3-,8-5-. The number of hydrogen-bond donors (Lipinski definition) is 1. The molecule has 0 spiro atoms. The molecule has 2 nitrogen and oxygen atoms in total. The molecule has 0 amide bonds. The van der Waals surface area contributed by atoms with Crippen molar-refractivity contribution in [3.8, 4) is 0 Å². The lowest BCUT2D eigenvalue weighted by Crippen LogP contribution is -1.91. The molecule has 0 rings (SSSR count). The van der Waals surface area contributed by atoms with Crippen LogP contribution in [0, 0.1) is 0 Å². The molecule has 0 heterocycles. The summed E-state index contributed by atoms with van der Waals surface area (Å²) in [4.78, 5) is 3.89. The van der Waals surface area contributed by atoms with Crippen LogP contribution in [0.2, 0.25) is 0 Å². The topological polar surface area (TPSA) is 38.4 Å². The first kappa shape index (κ1) is 7.37. The van der Waals surface area contributed by atoms with Gasteiger partial charge in [0.25, 0.3) is 0 Å². The van der Waals surface area contributed by atoms with Crippen molar-refractivity contribution >= 4 is 6.21 Å². The van der Waals surface area contributed by atoms with Crippen LogP contribution in [0.5, 0.6) is 0 Å². The van der Waals surface area contributed by atoms with E-state index in [0.29, 0.717) is 6.54 Å². The summed E-state index contributed by atoms with van der Waals surface area (Å²) in [6.45, 7) is 2.61. The molecule has 0 atom stereocenters. The predicted molar refractivity (Wildman–Crippen MR) is 37.0 cm³/mol. The molecule has 0 aromatic heterocycles. The first-order chi connectivity index (χ1) is 3.91. The van der Waals surface area contributed by atoms with E-state index in [9.17, 15) is 0 Å². The van der Waals surface area contributed by atoms with Gasteiger partial charge in [-0.15, -0.1) is 0 Å². The van der Waals surface area contributed by atoms with Gasteiger partial charge in [0.05, 0.1) is 0 Å². The molecule has 46 valence electrons. The molecule has 0 aromatic carbocycles. The second kappa shape index (κ2) is 6.37. The first-order valence-electron chi connectivity index (χ1n) is 2.78. The van der Waals surface area contributed by atoms with E-state index in [1.807, 2.05) is 19.2 Å². The Morgan fingerprint density at radius 1 is 1.62 bits per heavy atom. The highest BCUT2D eigenvalue weighted by atomic mass is 14.7. The highest BCUT2D eigenvalue weighted by molar-refractivity contribution is 5.57. The third-order valence-corrected chi connectivity index (χ3v) is 0.616. The molecule has 0 unspecified atom stereocenters. The Hall–Kier alpha value is -0.630. The molecule has 0 aliphatic rings. The molecule has 0 saturated carbocycles. The minimum absolute atomic E-state index is 0.570. The van der Waals surface area contributed by atoms with Crippen LogP contribution in [0.3, 0.4) is 0 Å². The van der Waals surface area contributed by atoms with Crippen LogP contribution in [0.25, 0.3) is 0 Å². The zero-order valence-corrected chi connectivity index (χ0v) is 5.17. The van der Waals surface area contributed by atoms with Crippen LogP contribution in [0.1, 0.15) is 13.3 Å². The van der Waals surface area contributed by atoms with E-state index in [1.165, 1.54) is 0 Å². The molecule has 0 aliphatic carbocycles. The summed E-state index contributed by atoms with van der Waals surface area (Å²) in [5, 5.41) is 0. The van der Waals surface area contributed by atoms with Crippen molar-refractivity contribution in [1.82, 2.24) is 0 Å². The molecular weight excluding hydrogens is 100 g/mol. The fourth-order valence-corrected chi connectivity index (χ4v) is 0.288. The quantitative estimate of drug-likeness (QED) is 0.542. The molecule has 0 radical (unpaired) electrons. The summed E-state index contributed by atoms with van der Waals surface area (Å²) >= 11 is 0. The van der Waals surface area contributed by atoms with E-state index in [0.717, 1.165) is 6.42 Å². The van der Waals surface area contributed by atoms with E-state index in [-0.39, 0.29) is 0 Å². The van der Waals surface area contributed by atoms with Crippen LogP contribution in [-0.2, 0) is 0 Å². The Balaban J connectivity index is 3.13. The average molecular weight is 112 g/mol. The molecular formula is C6H12N2. The summed E-state index contributed by atoms with van der Waals surface area (Å²) < 4.78 is 0. The fourth-order valence-electron chi connectivity index (χ4n) is 0.288. The van der Waals surface area contributed by atoms with E-state index >= 15 is 0 Å². The van der Waals surface area contributed by atoms with Crippen molar-refractivity contribution in [3.63, 3.8) is 0 Å². The lowest BCUT2D eigenvalue weighted by atomic mass is 10.5. The minimum Gasteiger partial charge on any atom is -0.327 e. The van der Waals surface area contributed by atoms with Gasteiger partial charge < -0.3 is 5.73 Å². The maximum Gasteiger partial charge on any atom is 0.0236 e. The Morgan fingerprint density at radius 3 is 2.88 bits per heavy atom. The number of nitrogens with zero attached hydrogens (tertiary/aromatic N) is 1. The van der Waals surface area contributed by atoms with Crippen molar-refractivity contribution in [2.45, 2.75) is 13.3 Å². The average Bonchev–Trinajstić information content (AvgIpc) is 1.81. The van der Waals surface area contributed by atoms with Crippen molar-refractivity contribution in [3.05, 3.63) is 12.3 Å². The molecule has 0 saturated heterocycles. The smallest absolute Gasteiger partial charge is 0.0236 e. The van der Waals surface area contributed by atoms with E-state index in [4.69, 9.17) is 5.73 Å². The second-order valence-electron chi connectivity index (χ2n) is 1.36. The van der Waals surface area contributed by atoms with Crippen molar-refractivity contribution in [2.24, 2.45) is 10.7 Å². The summed E-state index contributed by atoms with van der Waals surface area (Å²) in [7, 11) is 0. The molecule has 0 aromatic rings. The van der Waals surface area contributed by atoms with Crippen LogP contribution in [0.4, 0.5) is 0 Å². The number of hydrogen-bond acceptors (Lipinski definition) is 2. The highest BCUT2D eigenvalue weighted by Crippen LogP contribution is 1.72. The molecule has 8 heavy (non-hydrogen) atoms. The van der Waals surface area contributed by atoms with Gasteiger partial charge >= 0.3 is 0 Å². The number of rotatable bonds is 3. The second-order valence-corrected chi connectivity index (χ2v) is 1.36. The summed E-state index contributed by atoms with van der Waals surface area (Å²) in [5.41, 5.74) is 5.15. The van der Waals surface area contributed by atoms with Gasteiger partial charge in [-0.1, -0.05) is 13.0 Å². The third-order valence-electron chi connectivity index (χ3n) is 0.616. The lowest BCUT2D eigenvalue weighted by Gasteiger charge is -1.75. The molecule has 2 heteroatoms. The van der Waals surface area contributed by atoms with Gasteiger partial charge in [0.1, 0.15) is 0 Å². The van der Waals surface area contributed by atoms with Gasteiger partial charge in [0.15, 0.2) is 0 Å². The Kier molecular flexibility index (Phi) is 5.87. The predicted octanol–water partition coefficient (Wildman–Crippen LogP) is 0.940. The minimum atomic E-state index is 0.570. The SMILES string of the molecule is CC/C=N\C=C/CN. The Bertz CT molecular complexity index is 72.5. The lowest BCUT2D eigenvalue weighted by molar-refractivity contribution is 1.24. The van der Waals surface area contributed by atoms with Crippen LogP contribution in [-0.4, -0.2) is 12.8 Å². The van der Waals surface area contributed by atoms with Gasteiger partial charge in [-0.25, -0.2) is 0 Å². The summed E-state index contributed by atoms with van der Waals surface area (Å²) in [6, 6.07) is 0. The van der Waals surface area contributed by atoms with Crippen molar-refractivity contribution in [1.29, 1.82) is 0 Å². The summed E-state index contributed by atoms with van der Waals surface area (Å²) in [5.74, 6) is 0. The molecule has 0 aliphatic heterocycles.